The maximum Gasteiger partial charge on any atom is 0.301 e. The Morgan fingerprint density at radius 1 is 0.971 bits per heavy atom. The first kappa shape index (κ1) is 23.6. The van der Waals surface area contributed by atoms with E-state index >= 15 is 0 Å². The number of rotatable bonds is 4. The van der Waals surface area contributed by atoms with E-state index in [0.717, 1.165) is 10.9 Å². The third-order valence-electron chi connectivity index (χ3n) is 5.70. The van der Waals surface area contributed by atoms with Crippen molar-refractivity contribution in [3.63, 3.8) is 0 Å². The number of pyridine rings is 1. The minimum absolute atomic E-state index is 0.145. The highest BCUT2D eigenvalue weighted by Crippen LogP contribution is 2.32. The van der Waals surface area contributed by atoms with Crippen molar-refractivity contribution < 1.29 is 13.2 Å². The minimum atomic E-state index is -3.62. The van der Waals surface area contributed by atoms with E-state index in [9.17, 15) is 13.2 Å². The summed E-state index contributed by atoms with van der Waals surface area (Å²) < 4.78 is 28.3. The first-order valence-electron chi connectivity index (χ1n) is 10.9. The van der Waals surface area contributed by atoms with Crippen molar-refractivity contribution in [1.82, 2.24) is 9.71 Å². The topological polar surface area (TPSA) is 91.4 Å². The summed E-state index contributed by atoms with van der Waals surface area (Å²) in [5, 5.41) is 4.50. The molecule has 3 aromatic carbocycles. The largest absolute Gasteiger partial charge is 0.322 e. The second-order valence-electron chi connectivity index (χ2n) is 8.03. The number of amides is 1. The highest BCUT2D eigenvalue weighted by atomic mass is 35.5. The number of hydrogen-bond acceptors (Lipinski definition) is 4. The Morgan fingerprint density at radius 2 is 1.80 bits per heavy atom. The fourth-order valence-corrected chi connectivity index (χ4v) is 5.74. The Kier molecular flexibility index (Phi) is 6.37. The molecule has 5 rings (SSSR count). The summed E-state index contributed by atoms with van der Waals surface area (Å²) in [5.74, 6) is -0.430. The molecule has 0 spiro atoms. The van der Waals surface area contributed by atoms with Gasteiger partial charge in [-0.2, -0.15) is 13.1 Å². The lowest BCUT2D eigenvalue weighted by atomic mass is 10.1. The van der Waals surface area contributed by atoms with E-state index in [1.54, 1.807) is 24.3 Å². The molecule has 1 aliphatic heterocycles. The van der Waals surface area contributed by atoms with E-state index in [4.69, 9.17) is 23.2 Å². The normalized spacial score (nSPS) is 15.2. The van der Waals surface area contributed by atoms with Crippen LogP contribution in [0.2, 0.25) is 10.0 Å². The van der Waals surface area contributed by atoms with Crippen molar-refractivity contribution in [3.05, 3.63) is 88.4 Å². The van der Waals surface area contributed by atoms with Crippen molar-refractivity contribution in [2.24, 2.45) is 0 Å². The van der Waals surface area contributed by atoms with Crippen molar-refractivity contribution >= 4 is 61.6 Å². The molecule has 1 aromatic heterocycles. The molecule has 10 heteroatoms. The molecule has 2 heterocycles. The number of nitrogens with one attached hydrogen (secondary N) is 2. The zero-order valence-corrected chi connectivity index (χ0v) is 20.7. The summed E-state index contributed by atoms with van der Waals surface area (Å²) in [6, 6.07) is 21.3. The lowest BCUT2D eigenvalue weighted by Gasteiger charge is -2.28. The van der Waals surface area contributed by atoms with E-state index in [0.29, 0.717) is 47.2 Å². The van der Waals surface area contributed by atoms with Crippen molar-refractivity contribution in [2.45, 2.75) is 6.42 Å². The van der Waals surface area contributed by atoms with E-state index < -0.39 is 16.1 Å². The van der Waals surface area contributed by atoms with Gasteiger partial charge in [0, 0.05) is 29.7 Å². The summed E-state index contributed by atoms with van der Waals surface area (Å²) in [7, 11) is -3.62. The molecule has 1 aliphatic rings. The van der Waals surface area contributed by atoms with Crippen molar-refractivity contribution in [3.8, 4) is 11.3 Å². The smallest absolute Gasteiger partial charge is 0.301 e. The number of anilines is 2. The second kappa shape index (κ2) is 9.47. The zero-order chi connectivity index (χ0) is 24.6. The standard InChI is InChI=1S/C25H20Cl2N4O3S/c26-21-10-7-17(14-20(21)24-11-6-16-4-1-2-5-23(16)30-24)29-25(32)19-9-8-18(15-22(19)27)31-13-3-12-28-35(31,33)34/h1-2,4-11,14-15,28H,3,12-13H2,(H,29,32). The maximum atomic E-state index is 13.0. The van der Waals surface area contributed by atoms with E-state index in [2.05, 4.69) is 15.0 Å². The Hall–Kier alpha value is -3.17. The average molecular weight is 527 g/mol. The predicted molar refractivity (Wildman–Crippen MR) is 140 cm³/mol. The van der Waals surface area contributed by atoms with Gasteiger partial charge in [-0.1, -0.05) is 47.5 Å². The van der Waals surface area contributed by atoms with Crippen LogP contribution in [0, 0.1) is 0 Å². The van der Waals surface area contributed by atoms with Gasteiger partial charge >= 0.3 is 10.2 Å². The molecule has 1 amide bonds. The molecule has 0 aliphatic carbocycles. The molecule has 35 heavy (non-hydrogen) atoms. The number of carbonyl (C=O) groups is 1. The monoisotopic (exact) mass is 526 g/mol. The molecule has 0 bridgehead atoms. The van der Waals surface area contributed by atoms with Crippen LogP contribution in [0.3, 0.4) is 0 Å². The van der Waals surface area contributed by atoms with Gasteiger partial charge in [0.2, 0.25) is 0 Å². The van der Waals surface area contributed by atoms with Gasteiger partial charge < -0.3 is 5.32 Å². The van der Waals surface area contributed by atoms with Crippen LogP contribution in [-0.2, 0) is 10.2 Å². The van der Waals surface area contributed by atoms with Gasteiger partial charge in [0.1, 0.15) is 0 Å². The van der Waals surface area contributed by atoms with Crippen LogP contribution in [0.4, 0.5) is 11.4 Å². The molecule has 0 saturated carbocycles. The van der Waals surface area contributed by atoms with Gasteiger partial charge in [-0.25, -0.2) is 4.98 Å². The summed E-state index contributed by atoms with van der Waals surface area (Å²) in [6.45, 7) is 0.735. The molecule has 7 nitrogen and oxygen atoms in total. The maximum absolute atomic E-state index is 13.0. The lowest BCUT2D eigenvalue weighted by Crippen LogP contribution is -2.47. The third kappa shape index (κ3) is 4.83. The summed E-state index contributed by atoms with van der Waals surface area (Å²) >= 11 is 12.8. The molecule has 4 aromatic rings. The quantitative estimate of drug-likeness (QED) is 0.367. The van der Waals surface area contributed by atoms with Gasteiger partial charge in [-0.3, -0.25) is 9.10 Å². The molecule has 1 fully saturated rings. The molecular weight excluding hydrogens is 507 g/mol. The number of hydrogen-bond donors (Lipinski definition) is 2. The molecule has 0 atom stereocenters. The molecule has 178 valence electrons. The van der Waals surface area contributed by atoms with Gasteiger partial charge in [-0.05, 0) is 55.0 Å². The average Bonchev–Trinajstić information content (AvgIpc) is 2.84. The Morgan fingerprint density at radius 3 is 2.60 bits per heavy atom. The number of benzene rings is 3. The molecule has 0 radical (unpaired) electrons. The van der Waals surface area contributed by atoms with E-state index in [1.165, 1.54) is 16.4 Å². The highest BCUT2D eigenvalue weighted by molar-refractivity contribution is 7.90. The first-order chi connectivity index (χ1) is 16.8. The number of halogens is 2. The van der Waals surface area contributed by atoms with Gasteiger partial charge in [0.25, 0.3) is 5.91 Å². The van der Waals surface area contributed by atoms with Crippen LogP contribution >= 0.6 is 23.2 Å². The molecule has 2 N–H and O–H groups in total. The minimum Gasteiger partial charge on any atom is -0.322 e. The third-order valence-corrected chi connectivity index (χ3v) is 7.88. The SMILES string of the molecule is O=C(Nc1ccc(Cl)c(-c2ccc3ccccc3n2)c1)c1ccc(N2CCCNS2(=O)=O)cc1Cl. The zero-order valence-electron chi connectivity index (χ0n) is 18.3. The number of nitrogens with zero attached hydrogens (tertiary/aromatic N) is 2. The fraction of sp³-hybridized carbons (Fsp3) is 0.120. The Labute approximate surface area is 212 Å². The van der Waals surface area contributed by atoms with Crippen LogP contribution in [0.25, 0.3) is 22.2 Å². The van der Waals surface area contributed by atoms with Crippen LogP contribution in [0.15, 0.2) is 72.8 Å². The number of aromatic nitrogens is 1. The summed E-state index contributed by atoms with van der Waals surface area (Å²) in [6.07, 6.45) is 0.671. The Bertz CT molecular complexity index is 1560. The van der Waals surface area contributed by atoms with Gasteiger partial charge in [-0.15, -0.1) is 0 Å². The van der Waals surface area contributed by atoms with Crippen LogP contribution in [0.5, 0.6) is 0 Å². The lowest BCUT2D eigenvalue weighted by molar-refractivity contribution is 0.102. The predicted octanol–water partition coefficient (Wildman–Crippen LogP) is 5.51. The molecular formula is C25H20Cl2N4O3S. The number of fused-ring (bicyclic) bond motifs is 1. The summed E-state index contributed by atoms with van der Waals surface area (Å²) in [5.41, 5.74) is 3.34. The van der Waals surface area contributed by atoms with E-state index in [-0.39, 0.29) is 10.6 Å². The molecule has 1 saturated heterocycles. The first-order valence-corrected chi connectivity index (χ1v) is 13.1. The Balaban J connectivity index is 1.40. The van der Waals surface area contributed by atoms with Crippen LogP contribution in [-0.4, -0.2) is 32.4 Å². The highest BCUT2D eigenvalue weighted by Gasteiger charge is 2.26. The van der Waals surface area contributed by atoms with Crippen LogP contribution < -0.4 is 14.3 Å². The van der Waals surface area contributed by atoms with E-state index in [1.807, 2.05) is 36.4 Å². The number of para-hydroxylation sites is 1. The van der Waals surface area contributed by atoms with Gasteiger partial charge in [0.15, 0.2) is 0 Å². The van der Waals surface area contributed by atoms with Gasteiger partial charge in [0.05, 0.1) is 32.5 Å². The summed E-state index contributed by atoms with van der Waals surface area (Å²) in [4.78, 5) is 17.7. The number of carbonyl (C=O) groups excluding carboxylic acids is 1. The van der Waals surface area contributed by atoms with Crippen LogP contribution in [0.1, 0.15) is 16.8 Å². The van der Waals surface area contributed by atoms with Crippen molar-refractivity contribution in [2.75, 3.05) is 22.7 Å². The fourth-order valence-electron chi connectivity index (χ4n) is 3.95. The van der Waals surface area contributed by atoms with Crippen molar-refractivity contribution in [1.29, 1.82) is 0 Å². The molecule has 0 unspecified atom stereocenters. The second-order valence-corrected chi connectivity index (χ2v) is 10.5.